The van der Waals surface area contributed by atoms with E-state index in [1.165, 1.54) is 0 Å². The summed E-state index contributed by atoms with van der Waals surface area (Å²) >= 11 is 0. The molecule has 1 fully saturated rings. The molecule has 0 spiro atoms. The Kier molecular flexibility index (Phi) is 5.74. The van der Waals surface area contributed by atoms with Crippen molar-refractivity contribution in [2.45, 2.75) is 32.1 Å². The molecule has 0 saturated carbocycles. The van der Waals surface area contributed by atoms with E-state index in [1.54, 1.807) is 18.6 Å². The Morgan fingerprint density at radius 3 is 2.86 bits per heavy atom. The summed E-state index contributed by atoms with van der Waals surface area (Å²) in [4.78, 5) is 32.2. The molecule has 3 aromatic rings. The topological polar surface area (TPSA) is 83.9 Å². The number of carbonyl (C=O) groups excluding carboxylic acids is 1. The lowest BCUT2D eigenvalue weighted by molar-refractivity contribution is -0.131. The van der Waals surface area contributed by atoms with Gasteiger partial charge in [0.2, 0.25) is 11.9 Å². The van der Waals surface area contributed by atoms with E-state index >= 15 is 0 Å². The van der Waals surface area contributed by atoms with Crippen molar-refractivity contribution < 1.29 is 4.79 Å². The molecule has 0 aromatic carbocycles. The van der Waals surface area contributed by atoms with Crippen molar-refractivity contribution in [1.82, 2.24) is 24.8 Å². The second kappa shape index (κ2) is 8.77. The Bertz CT molecular complexity index is 961. The Morgan fingerprint density at radius 1 is 1.14 bits per heavy atom. The van der Waals surface area contributed by atoms with Crippen LogP contribution in [0.1, 0.15) is 35.7 Å². The monoisotopic (exact) mass is 388 g/mol. The molecule has 1 aliphatic rings. The fourth-order valence-electron chi connectivity index (χ4n) is 3.53. The van der Waals surface area contributed by atoms with E-state index in [4.69, 9.17) is 0 Å². The van der Waals surface area contributed by atoms with Crippen LogP contribution in [0.5, 0.6) is 0 Å². The number of rotatable bonds is 5. The van der Waals surface area contributed by atoms with Crippen LogP contribution < -0.4 is 5.32 Å². The Morgan fingerprint density at radius 2 is 2.07 bits per heavy atom. The van der Waals surface area contributed by atoms with E-state index in [1.807, 2.05) is 48.2 Å². The number of hydrogen-bond donors (Lipinski definition) is 1. The van der Waals surface area contributed by atoms with Gasteiger partial charge in [-0.05, 0) is 49.6 Å². The highest BCUT2D eigenvalue weighted by Crippen LogP contribution is 2.26. The molecule has 1 saturated heterocycles. The van der Waals surface area contributed by atoms with Crippen LogP contribution in [0.4, 0.5) is 11.8 Å². The molecule has 7 heteroatoms. The van der Waals surface area contributed by atoms with Crippen molar-refractivity contribution in [3.63, 3.8) is 0 Å². The van der Waals surface area contributed by atoms with Crippen molar-refractivity contribution in [1.29, 1.82) is 0 Å². The fourth-order valence-corrected chi connectivity index (χ4v) is 3.53. The summed E-state index contributed by atoms with van der Waals surface area (Å²) in [6.07, 6.45) is 7.59. The van der Waals surface area contributed by atoms with Crippen LogP contribution in [0.25, 0.3) is 0 Å². The first-order valence-electron chi connectivity index (χ1n) is 9.88. The first kappa shape index (κ1) is 19.0. The van der Waals surface area contributed by atoms with Gasteiger partial charge in [0.25, 0.3) is 0 Å². The number of nitrogens with one attached hydrogen (secondary N) is 1. The largest absolute Gasteiger partial charge is 0.342 e. The van der Waals surface area contributed by atoms with Gasteiger partial charge in [-0.15, -0.1) is 0 Å². The zero-order valence-corrected chi connectivity index (χ0v) is 16.5. The second-order valence-corrected chi connectivity index (χ2v) is 7.33. The minimum Gasteiger partial charge on any atom is -0.342 e. The van der Waals surface area contributed by atoms with E-state index < -0.39 is 0 Å². The average Bonchev–Trinajstić information content (AvgIpc) is 2.76. The van der Waals surface area contributed by atoms with E-state index in [-0.39, 0.29) is 11.8 Å². The Balaban J connectivity index is 1.42. The highest BCUT2D eigenvalue weighted by atomic mass is 16.2. The van der Waals surface area contributed by atoms with Gasteiger partial charge in [0.05, 0.1) is 12.1 Å². The van der Waals surface area contributed by atoms with Gasteiger partial charge < -0.3 is 10.2 Å². The van der Waals surface area contributed by atoms with Crippen molar-refractivity contribution in [3.8, 4) is 0 Å². The van der Waals surface area contributed by atoms with Gasteiger partial charge in [-0.25, -0.2) is 15.0 Å². The SMILES string of the molecule is Cc1ccc(Nc2nccc([C@H]3CCCN(C(=O)Cc4ccccn4)C3)n2)nc1. The van der Waals surface area contributed by atoms with Crippen LogP contribution in [0, 0.1) is 6.92 Å². The third-order valence-corrected chi connectivity index (χ3v) is 5.08. The number of nitrogens with zero attached hydrogens (tertiary/aromatic N) is 5. The number of carbonyl (C=O) groups is 1. The molecule has 1 amide bonds. The highest BCUT2D eigenvalue weighted by Gasteiger charge is 2.26. The molecule has 1 N–H and O–H groups in total. The van der Waals surface area contributed by atoms with Crippen molar-refractivity contribution in [3.05, 3.63) is 71.9 Å². The van der Waals surface area contributed by atoms with E-state index in [9.17, 15) is 4.79 Å². The van der Waals surface area contributed by atoms with Gasteiger partial charge in [0.1, 0.15) is 5.82 Å². The highest BCUT2D eigenvalue weighted by molar-refractivity contribution is 5.78. The molecule has 0 radical (unpaired) electrons. The van der Waals surface area contributed by atoms with E-state index in [2.05, 4.69) is 25.3 Å². The molecule has 29 heavy (non-hydrogen) atoms. The van der Waals surface area contributed by atoms with Gasteiger partial charge in [0.15, 0.2) is 0 Å². The summed E-state index contributed by atoms with van der Waals surface area (Å²) in [6.45, 7) is 3.45. The molecule has 4 rings (SSSR count). The van der Waals surface area contributed by atoms with Crippen LogP contribution in [0.2, 0.25) is 0 Å². The molecule has 148 valence electrons. The fraction of sp³-hybridized carbons (Fsp3) is 0.318. The van der Waals surface area contributed by atoms with Gasteiger partial charge in [-0.1, -0.05) is 12.1 Å². The lowest BCUT2D eigenvalue weighted by Crippen LogP contribution is -2.40. The van der Waals surface area contributed by atoms with Crippen LogP contribution in [-0.4, -0.2) is 43.8 Å². The molecular formula is C22H24N6O. The summed E-state index contributed by atoms with van der Waals surface area (Å²) in [5.41, 5.74) is 2.85. The van der Waals surface area contributed by atoms with Crippen LogP contribution in [0.15, 0.2) is 55.0 Å². The van der Waals surface area contributed by atoms with Gasteiger partial charge in [-0.3, -0.25) is 9.78 Å². The van der Waals surface area contributed by atoms with Crippen molar-refractivity contribution in [2.75, 3.05) is 18.4 Å². The first-order chi connectivity index (χ1) is 14.2. The molecular weight excluding hydrogens is 364 g/mol. The predicted octanol–water partition coefficient (Wildman–Crippen LogP) is 3.27. The third kappa shape index (κ3) is 4.93. The number of amides is 1. The third-order valence-electron chi connectivity index (χ3n) is 5.08. The summed E-state index contributed by atoms with van der Waals surface area (Å²) in [6, 6.07) is 11.5. The molecule has 7 nitrogen and oxygen atoms in total. The maximum absolute atomic E-state index is 12.7. The Hall–Kier alpha value is -3.35. The summed E-state index contributed by atoms with van der Waals surface area (Å²) in [5, 5.41) is 3.16. The maximum Gasteiger partial charge on any atom is 0.228 e. The quantitative estimate of drug-likeness (QED) is 0.722. The Labute approximate surface area is 170 Å². The zero-order chi connectivity index (χ0) is 20.1. The standard InChI is InChI=1S/C22H24N6O/c1-16-7-8-20(25-14-16)27-22-24-11-9-19(26-22)17-5-4-12-28(15-17)21(29)13-18-6-2-3-10-23-18/h2-3,6-11,14,17H,4-5,12-13,15H2,1H3,(H,24,25,26,27)/t17-/m0/s1. The predicted molar refractivity (Wildman–Crippen MR) is 111 cm³/mol. The zero-order valence-electron chi connectivity index (χ0n) is 16.5. The number of anilines is 2. The van der Waals surface area contributed by atoms with E-state index in [0.29, 0.717) is 24.7 Å². The smallest absolute Gasteiger partial charge is 0.228 e. The second-order valence-electron chi connectivity index (χ2n) is 7.33. The summed E-state index contributed by atoms with van der Waals surface area (Å²) in [7, 11) is 0. The minimum absolute atomic E-state index is 0.115. The molecule has 1 atom stereocenters. The minimum atomic E-state index is 0.115. The van der Waals surface area contributed by atoms with E-state index in [0.717, 1.165) is 36.3 Å². The van der Waals surface area contributed by atoms with Crippen LogP contribution in [0.3, 0.4) is 0 Å². The molecule has 3 aromatic heterocycles. The lowest BCUT2D eigenvalue weighted by Gasteiger charge is -2.32. The number of aromatic nitrogens is 4. The summed E-state index contributed by atoms with van der Waals surface area (Å²) in [5.74, 6) is 1.55. The lowest BCUT2D eigenvalue weighted by atomic mass is 9.94. The normalized spacial score (nSPS) is 16.4. The van der Waals surface area contributed by atoms with Crippen LogP contribution >= 0.6 is 0 Å². The molecule has 4 heterocycles. The number of pyridine rings is 2. The van der Waals surface area contributed by atoms with Crippen molar-refractivity contribution in [2.24, 2.45) is 0 Å². The molecule has 0 aliphatic carbocycles. The average molecular weight is 388 g/mol. The molecule has 0 bridgehead atoms. The molecule has 1 aliphatic heterocycles. The van der Waals surface area contributed by atoms with Crippen LogP contribution in [-0.2, 0) is 11.2 Å². The van der Waals surface area contributed by atoms with Gasteiger partial charge in [0, 0.05) is 43.3 Å². The molecule has 0 unspecified atom stereocenters. The maximum atomic E-state index is 12.7. The summed E-state index contributed by atoms with van der Waals surface area (Å²) < 4.78 is 0. The van der Waals surface area contributed by atoms with Gasteiger partial charge >= 0.3 is 0 Å². The number of likely N-dealkylation sites (tertiary alicyclic amines) is 1. The first-order valence-corrected chi connectivity index (χ1v) is 9.88. The number of aryl methyl sites for hydroxylation is 1. The number of hydrogen-bond acceptors (Lipinski definition) is 6. The van der Waals surface area contributed by atoms with Crippen molar-refractivity contribution >= 4 is 17.7 Å². The number of piperidine rings is 1. The van der Waals surface area contributed by atoms with Gasteiger partial charge in [-0.2, -0.15) is 0 Å².